The molecule has 1 N–H and O–H groups in total. The van der Waals surface area contributed by atoms with Crippen LogP contribution in [0.3, 0.4) is 0 Å². The third-order valence-corrected chi connectivity index (χ3v) is 5.39. The monoisotopic (exact) mass is 377 g/mol. The quantitative estimate of drug-likeness (QED) is 0.615. The van der Waals surface area contributed by atoms with Gasteiger partial charge in [-0.15, -0.1) is 0 Å². The van der Waals surface area contributed by atoms with E-state index in [0.29, 0.717) is 44.2 Å². The summed E-state index contributed by atoms with van der Waals surface area (Å²) in [7, 11) is 1.65. The van der Waals surface area contributed by atoms with Gasteiger partial charge in [-0.1, -0.05) is 33.3 Å². The summed E-state index contributed by atoms with van der Waals surface area (Å²) in [6.45, 7) is 8.83. The van der Waals surface area contributed by atoms with Crippen molar-refractivity contribution in [1.82, 2.24) is 0 Å². The number of nitrogens with one attached hydrogen (secondary N) is 1. The Morgan fingerprint density at radius 2 is 1.96 bits per heavy atom. The maximum absolute atomic E-state index is 12.9. The number of carbonyl (C=O) groups excluding carboxylic acids is 1. The predicted octanol–water partition coefficient (Wildman–Crippen LogP) is 4.38. The number of anilines is 1. The second-order valence-corrected chi connectivity index (χ2v) is 7.90. The van der Waals surface area contributed by atoms with Gasteiger partial charge in [0.1, 0.15) is 12.4 Å². The van der Waals surface area contributed by atoms with Crippen molar-refractivity contribution in [3.05, 3.63) is 24.3 Å². The van der Waals surface area contributed by atoms with Gasteiger partial charge in [0.25, 0.3) is 0 Å². The standard InChI is InChI=1S/C22H35NO4/c1-16(2)20-9-8-17(3)14-21(20)22(24)23-18-6-5-7-19(15-18)27-13-12-26-11-10-25-4/h5-7,15-17,20-21H,8-14H2,1-4H3,(H,23,24)/t17-,20+,21-/m1/s1. The fourth-order valence-corrected chi connectivity index (χ4v) is 3.87. The Morgan fingerprint density at radius 3 is 2.70 bits per heavy atom. The van der Waals surface area contributed by atoms with E-state index in [1.54, 1.807) is 7.11 Å². The first-order valence-electron chi connectivity index (χ1n) is 10.1. The molecule has 1 aliphatic rings. The lowest BCUT2D eigenvalue weighted by Gasteiger charge is -2.36. The number of carbonyl (C=O) groups is 1. The maximum Gasteiger partial charge on any atom is 0.227 e. The lowest BCUT2D eigenvalue weighted by atomic mass is 9.70. The number of methoxy groups -OCH3 is 1. The molecule has 2 rings (SSSR count). The van der Waals surface area contributed by atoms with Gasteiger partial charge in [-0.2, -0.15) is 0 Å². The van der Waals surface area contributed by atoms with E-state index in [2.05, 4.69) is 26.1 Å². The molecule has 27 heavy (non-hydrogen) atoms. The van der Waals surface area contributed by atoms with Gasteiger partial charge in [-0.05, 0) is 42.7 Å². The van der Waals surface area contributed by atoms with Crippen LogP contribution < -0.4 is 10.1 Å². The van der Waals surface area contributed by atoms with Crippen LogP contribution in [0, 0.1) is 23.7 Å². The van der Waals surface area contributed by atoms with Gasteiger partial charge in [0.2, 0.25) is 5.91 Å². The van der Waals surface area contributed by atoms with E-state index >= 15 is 0 Å². The van der Waals surface area contributed by atoms with Crippen LogP contribution in [0.2, 0.25) is 0 Å². The van der Waals surface area contributed by atoms with Crippen LogP contribution in [0.1, 0.15) is 40.0 Å². The molecule has 5 nitrogen and oxygen atoms in total. The number of hydrogen-bond donors (Lipinski definition) is 1. The van der Waals surface area contributed by atoms with Crippen molar-refractivity contribution in [2.75, 3.05) is 38.9 Å². The van der Waals surface area contributed by atoms with Gasteiger partial charge in [0, 0.05) is 24.8 Å². The first-order chi connectivity index (χ1) is 13.0. The number of hydrogen-bond acceptors (Lipinski definition) is 4. The van der Waals surface area contributed by atoms with Crippen molar-refractivity contribution >= 4 is 11.6 Å². The van der Waals surface area contributed by atoms with Crippen LogP contribution in [-0.4, -0.2) is 39.4 Å². The molecule has 1 aromatic carbocycles. The van der Waals surface area contributed by atoms with E-state index in [1.165, 1.54) is 6.42 Å². The van der Waals surface area contributed by atoms with E-state index in [0.717, 1.165) is 24.3 Å². The fraction of sp³-hybridized carbons (Fsp3) is 0.682. The average Bonchev–Trinajstić information content (AvgIpc) is 2.64. The minimum Gasteiger partial charge on any atom is -0.491 e. The third-order valence-electron chi connectivity index (χ3n) is 5.39. The van der Waals surface area contributed by atoms with Crippen molar-refractivity contribution in [2.24, 2.45) is 23.7 Å². The summed E-state index contributed by atoms with van der Waals surface area (Å²) in [6, 6.07) is 7.59. The fourth-order valence-electron chi connectivity index (χ4n) is 3.87. The highest BCUT2D eigenvalue weighted by Gasteiger charge is 2.35. The van der Waals surface area contributed by atoms with Crippen LogP contribution >= 0.6 is 0 Å². The number of rotatable bonds is 10. The first-order valence-corrected chi connectivity index (χ1v) is 10.1. The molecule has 1 saturated carbocycles. The smallest absolute Gasteiger partial charge is 0.227 e. The molecule has 3 atom stereocenters. The number of ether oxygens (including phenoxy) is 3. The van der Waals surface area contributed by atoms with Crippen molar-refractivity contribution in [2.45, 2.75) is 40.0 Å². The van der Waals surface area contributed by atoms with Crippen molar-refractivity contribution in [1.29, 1.82) is 0 Å². The molecule has 0 bridgehead atoms. The Bertz CT molecular complexity index is 575. The van der Waals surface area contributed by atoms with Crippen LogP contribution in [0.5, 0.6) is 5.75 Å². The number of benzene rings is 1. The molecule has 0 unspecified atom stereocenters. The lowest BCUT2D eigenvalue weighted by Crippen LogP contribution is -2.36. The summed E-state index contributed by atoms with van der Waals surface area (Å²) in [5.74, 6) is 2.57. The third kappa shape index (κ3) is 7.15. The highest BCUT2D eigenvalue weighted by molar-refractivity contribution is 5.93. The highest BCUT2D eigenvalue weighted by Crippen LogP contribution is 2.38. The van der Waals surface area contributed by atoms with Gasteiger partial charge >= 0.3 is 0 Å². The summed E-state index contributed by atoms with van der Waals surface area (Å²) < 4.78 is 16.0. The lowest BCUT2D eigenvalue weighted by molar-refractivity contribution is -0.123. The van der Waals surface area contributed by atoms with Gasteiger partial charge in [-0.25, -0.2) is 0 Å². The van der Waals surface area contributed by atoms with Crippen molar-refractivity contribution < 1.29 is 19.0 Å². The SMILES string of the molecule is COCCOCCOc1cccc(NC(=O)[C@@H]2C[C@H](C)CC[C@H]2C(C)C)c1. The van der Waals surface area contributed by atoms with Gasteiger partial charge in [0.15, 0.2) is 0 Å². The largest absolute Gasteiger partial charge is 0.491 e. The van der Waals surface area contributed by atoms with Gasteiger partial charge < -0.3 is 19.5 Å². The Morgan fingerprint density at radius 1 is 1.19 bits per heavy atom. The minimum atomic E-state index is 0.0903. The summed E-state index contributed by atoms with van der Waals surface area (Å²) in [5, 5.41) is 3.11. The number of amides is 1. The van der Waals surface area contributed by atoms with E-state index in [1.807, 2.05) is 24.3 Å². The topological polar surface area (TPSA) is 56.8 Å². The summed E-state index contributed by atoms with van der Waals surface area (Å²) in [6.07, 6.45) is 3.34. The van der Waals surface area contributed by atoms with E-state index in [9.17, 15) is 4.79 Å². The van der Waals surface area contributed by atoms with E-state index in [4.69, 9.17) is 14.2 Å². The molecule has 0 heterocycles. The summed E-state index contributed by atoms with van der Waals surface area (Å²) >= 11 is 0. The van der Waals surface area contributed by atoms with Crippen LogP contribution in [0.15, 0.2) is 24.3 Å². The molecule has 152 valence electrons. The predicted molar refractivity (Wildman–Crippen MR) is 108 cm³/mol. The van der Waals surface area contributed by atoms with E-state index < -0.39 is 0 Å². The normalized spacial score (nSPS) is 22.6. The van der Waals surface area contributed by atoms with E-state index in [-0.39, 0.29) is 11.8 Å². The zero-order valence-corrected chi connectivity index (χ0v) is 17.2. The Labute approximate surface area is 163 Å². The van der Waals surface area contributed by atoms with Gasteiger partial charge in [0.05, 0.1) is 19.8 Å². The molecule has 1 amide bonds. The Hall–Kier alpha value is -1.59. The molecule has 0 aliphatic heterocycles. The second kappa shape index (κ2) is 11.3. The average molecular weight is 378 g/mol. The molecule has 0 aromatic heterocycles. The first kappa shape index (κ1) is 21.7. The second-order valence-electron chi connectivity index (χ2n) is 7.90. The van der Waals surface area contributed by atoms with Crippen LogP contribution in [-0.2, 0) is 14.3 Å². The summed E-state index contributed by atoms with van der Waals surface area (Å²) in [5.41, 5.74) is 0.790. The zero-order chi connectivity index (χ0) is 19.6. The molecular weight excluding hydrogens is 342 g/mol. The molecule has 0 radical (unpaired) electrons. The molecule has 0 saturated heterocycles. The Balaban J connectivity index is 1.87. The molecule has 5 heteroatoms. The van der Waals surface area contributed by atoms with Crippen molar-refractivity contribution in [3.8, 4) is 5.75 Å². The molecule has 1 aliphatic carbocycles. The summed E-state index contributed by atoms with van der Waals surface area (Å²) in [4.78, 5) is 12.9. The molecule has 1 fully saturated rings. The zero-order valence-electron chi connectivity index (χ0n) is 17.2. The maximum atomic E-state index is 12.9. The van der Waals surface area contributed by atoms with Crippen LogP contribution in [0.25, 0.3) is 0 Å². The van der Waals surface area contributed by atoms with Gasteiger partial charge in [-0.3, -0.25) is 4.79 Å². The highest BCUT2D eigenvalue weighted by atomic mass is 16.5. The molecule has 0 spiro atoms. The molecular formula is C22H35NO4. The minimum absolute atomic E-state index is 0.0903. The Kier molecular flexibility index (Phi) is 9.08. The molecule has 1 aromatic rings. The van der Waals surface area contributed by atoms with Crippen molar-refractivity contribution in [3.63, 3.8) is 0 Å². The van der Waals surface area contributed by atoms with Crippen LogP contribution in [0.4, 0.5) is 5.69 Å².